The number of carbonyl (C=O) groups excluding carboxylic acids is 2. The lowest BCUT2D eigenvalue weighted by Gasteiger charge is -2.05. The zero-order valence-corrected chi connectivity index (χ0v) is 11.1. The van der Waals surface area contributed by atoms with Crippen LogP contribution in [0.15, 0.2) is 42.6 Å². The Morgan fingerprint density at radius 1 is 1.20 bits per heavy atom. The van der Waals surface area contributed by atoms with E-state index in [0.717, 1.165) is 5.56 Å². The zero-order chi connectivity index (χ0) is 14.4. The molecule has 1 heterocycles. The summed E-state index contributed by atoms with van der Waals surface area (Å²) in [6.45, 7) is 0.135. The van der Waals surface area contributed by atoms with Gasteiger partial charge in [-0.3, -0.25) is 4.79 Å². The van der Waals surface area contributed by atoms with E-state index in [0.29, 0.717) is 17.9 Å². The third-order valence-corrected chi connectivity index (χ3v) is 2.71. The fourth-order valence-corrected chi connectivity index (χ4v) is 1.75. The van der Waals surface area contributed by atoms with Crippen LogP contribution < -0.4 is 0 Å². The van der Waals surface area contributed by atoms with Gasteiger partial charge in [-0.25, -0.2) is 4.79 Å². The van der Waals surface area contributed by atoms with Gasteiger partial charge < -0.3 is 14.5 Å². The molecule has 104 valence electrons. The highest BCUT2D eigenvalue weighted by atomic mass is 16.5. The number of hydrogen-bond donors (Lipinski definition) is 1. The van der Waals surface area contributed by atoms with Crippen LogP contribution in [0.4, 0.5) is 0 Å². The van der Waals surface area contributed by atoms with Crippen molar-refractivity contribution in [1.29, 1.82) is 0 Å². The maximum Gasteiger partial charge on any atom is 0.338 e. The number of benzene rings is 1. The van der Waals surface area contributed by atoms with Crippen LogP contribution in [0.25, 0.3) is 0 Å². The Balaban J connectivity index is 1.95. The molecule has 0 atom stereocenters. The second kappa shape index (κ2) is 6.68. The lowest BCUT2D eigenvalue weighted by molar-refractivity contribution is 0.0473. The van der Waals surface area contributed by atoms with Crippen LogP contribution in [0.2, 0.25) is 0 Å². The largest absolute Gasteiger partial charge is 0.454 e. The minimum atomic E-state index is -0.525. The standard InChI is InChI=1S/C15H15NO4/c1-19-9-11-4-2-5-12(8-11)15(18)20-10-14(17)13-6-3-7-16-13/h2-8,16H,9-10H2,1H3. The van der Waals surface area contributed by atoms with Gasteiger partial charge in [-0.05, 0) is 29.8 Å². The van der Waals surface area contributed by atoms with E-state index in [1.807, 2.05) is 6.07 Å². The quantitative estimate of drug-likeness (QED) is 0.647. The zero-order valence-electron chi connectivity index (χ0n) is 11.1. The fourth-order valence-electron chi connectivity index (χ4n) is 1.75. The summed E-state index contributed by atoms with van der Waals surface area (Å²) in [5, 5.41) is 0. The Labute approximate surface area is 116 Å². The average Bonchev–Trinajstić information content (AvgIpc) is 2.99. The molecule has 1 aromatic heterocycles. The van der Waals surface area contributed by atoms with Crippen LogP contribution in [0.1, 0.15) is 26.4 Å². The molecule has 1 aromatic carbocycles. The molecule has 2 rings (SSSR count). The topological polar surface area (TPSA) is 68.4 Å². The van der Waals surface area contributed by atoms with Crippen molar-refractivity contribution >= 4 is 11.8 Å². The SMILES string of the molecule is COCc1cccc(C(=O)OCC(=O)c2ccc[nH]2)c1. The molecule has 5 heteroatoms. The van der Waals surface area contributed by atoms with E-state index >= 15 is 0 Å². The van der Waals surface area contributed by atoms with Crippen LogP contribution in [0.3, 0.4) is 0 Å². The molecule has 1 N–H and O–H groups in total. The normalized spacial score (nSPS) is 10.2. The highest BCUT2D eigenvalue weighted by Gasteiger charge is 2.12. The van der Waals surface area contributed by atoms with E-state index in [4.69, 9.17) is 9.47 Å². The van der Waals surface area contributed by atoms with Gasteiger partial charge in [-0.1, -0.05) is 12.1 Å². The third-order valence-electron chi connectivity index (χ3n) is 2.71. The Hall–Kier alpha value is -2.40. The van der Waals surface area contributed by atoms with Crippen molar-refractivity contribution in [3.63, 3.8) is 0 Å². The van der Waals surface area contributed by atoms with Gasteiger partial charge in [-0.2, -0.15) is 0 Å². The maximum atomic E-state index is 11.8. The molecular weight excluding hydrogens is 258 g/mol. The number of ketones is 1. The number of esters is 1. The Morgan fingerprint density at radius 3 is 2.75 bits per heavy atom. The van der Waals surface area contributed by atoms with E-state index in [1.165, 1.54) is 0 Å². The summed E-state index contributed by atoms with van der Waals surface area (Å²) in [4.78, 5) is 26.3. The smallest absolute Gasteiger partial charge is 0.338 e. The number of Topliss-reactive ketones (excluding diaryl/α,β-unsaturated/α-hetero) is 1. The molecule has 0 saturated carbocycles. The first-order valence-corrected chi connectivity index (χ1v) is 6.12. The molecule has 20 heavy (non-hydrogen) atoms. The summed E-state index contributed by atoms with van der Waals surface area (Å²) < 4.78 is 10.00. The minimum Gasteiger partial charge on any atom is -0.454 e. The number of nitrogens with one attached hydrogen (secondary N) is 1. The number of methoxy groups -OCH3 is 1. The summed E-state index contributed by atoms with van der Waals surface area (Å²) >= 11 is 0. The van der Waals surface area contributed by atoms with Crippen molar-refractivity contribution in [2.24, 2.45) is 0 Å². The van der Waals surface area contributed by atoms with Crippen LogP contribution in [-0.2, 0) is 16.1 Å². The predicted molar refractivity (Wildman–Crippen MR) is 72.6 cm³/mol. The first-order valence-electron chi connectivity index (χ1n) is 6.12. The van der Waals surface area contributed by atoms with E-state index in [2.05, 4.69) is 4.98 Å². The molecular formula is C15H15NO4. The number of rotatable bonds is 6. The second-order valence-corrected chi connectivity index (χ2v) is 4.22. The number of H-pyrrole nitrogens is 1. The molecule has 0 aliphatic heterocycles. The van der Waals surface area contributed by atoms with Crippen LogP contribution in [0.5, 0.6) is 0 Å². The van der Waals surface area contributed by atoms with Crippen molar-refractivity contribution in [1.82, 2.24) is 4.98 Å². The molecule has 0 aliphatic carbocycles. The summed E-state index contributed by atoms with van der Waals surface area (Å²) in [7, 11) is 1.58. The minimum absolute atomic E-state index is 0.267. The predicted octanol–water partition coefficient (Wildman–Crippen LogP) is 2.20. The highest BCUT2D eigenvalue weighted by molar-refractivity contribution is 5.98. The number of hydrogen-bond acceptors (Lipinski definition) is 4. The van der Waals surface area contributed by atoms with Gasteiger partial charge in [0.2, 0.25) is 5.78 Å². The van der Waals surface area contributed by atoms with Crippen molar-refractivity contribution in [2.75, 3.05) is 13.7 Å². The van der Waals surface area contributed by atoms with Gasteiger partial charge in [-0.15, -0.1) is 0 Å². The van der Waals surface area contributed by atoms with Crippen LogP contribution in [0, 0.1) is 0 Å². The summed E-state index contributed by atoms with van der Waals surface area (Å²) in [6, 6.07) is 10.3. The van der Waals surface area contributed by atoms with E-state index in [-0.39, 0.29) is 12.4 Å². The molecule has 2 aromatic rings. The first kappa shape index (κ1) is 14.0. The number of aromatic amines is 1. The highest BCUT2D eigenvalue weighted by Crippen LogP contribution is 2.08. The molecule has 0 unspecified atom stereocenters. The fraction of sp³-hybridized carbons (Fsp3) is 0.200. The Morgan fingerprint density at radius 2 is 2.05 bits per heavy atom. The summed E-state index contributed by atoms with van der Waals surface area (Å²) in [5.74, 6) is -0.792. The molecule has 0 aliphatic rings. The summed E-state index contributed by atoms with van der Waals surface area (Å²) in [5.41, 5.74) is 1.70. The van der Waals surface area contributed by atoms with Gasteiger partial charge >= 0.3 is 5.97 Å². The number of ether oxygens (including phenoxy) is 2. The van der Waals surface area contributed by atoms with Gasteiger partial charge in [0.1, 0.15) is 0 Å². The Kier molecular flexibility index (Phi) is 4.68. The molecule has 0 saturated heterocycles. The van der Waals surface area contributed by atoms with Gasteiger partial charge in [0.25, 0.3) is 0 Å². The van der Waals surface area contributed by atoms with Crippen LogP contribution >= 0.6 is 0 Å². The molecule has 0 bridgehead atoms. The van der Waals surface area contributed by atoms with Crippen LogP contribution in [-0.4, -0.2) is 30.5 Å². The average molecular weight is 273 g/mol. The monoisotopic (exact) mass is 273 g/mol. The van der Waals surface area contributed by atoms with Crippen molar-refractivity contribution in [2.45, 2.75) is 6.61 Å². The summed E-state index contributed by atoms with van der Waals surface area (Å²) in [6.07, 6.45) is 1.64. The van der Waals surface area contributed by atoms with E-state index in [9.17, 15) is 9.59 Å². The van der Waals surface area contributed by atoms with E-state index < -0.39 is 5.97 Å². The first-order chi connectivity index (χ1) is 9.70. The molecule has 0 amide bonds. The third kappa shape index (κ3) is 3.55. The van der Waals surface area contributed by atoms with Gasteiger partial charge in [0.15, 0.2) is 6.61 Å². The number of aromatic nitrogens is 1. The number of carbonyl (C=O) groups is 2. The van der Waals surface area contributed by atoms with Crippen molar-refractivity contribution in [3.05, 3.63) is 59.4 Å². The molecule has 5 nitrogen and oxygen atoms in total. The second-order valence-electron chi connectivity index (χ2n) is 4.22. The molecule has 0 radical (unpaired) electrons. The van der Waals surface area contributed by atoms with Crippen molar-refractivity contribution in [3.8, 4) is 0 Å². The molecule has 0 spiro atoms. The lowest BCUT2D eigenvalue weighted by atomic mass is 10.1. The molecule has 0 fully saturated rings. The lowest BCUT2D eigenvalue weighted by Crippen LogP contribution is -2.14. The maximum absolute atomic E-state index is 11.8. The van der Waals surface area contributed by atoms with Crippen molar-refractivity contribution < 1.29 is 19.1 Å². The van der Waals surface area contributed by atoms with Gasteiger partial charge in [0, 0.05) is 13.3 Å². The Bertz CT molecular complexity index is 590. The van der Waals surface area contributed by atoms with E-state index in [1.54, 1.807) is 43.6 Å². The van der Waals surface area contributed by atoms with Gasteiger partial charge in [0.05, 0.1) is 17.9 Å².